The van der Waals surface area contributed by atoms with Crippen LogP contribution in [0, 0.1) is 11.8 Å². The maximum absolute atomic E-state index is 3.39. The highest BCUT2D eigenvalue weighted by molar-refractivity contribution is 5.58. The van der Waals surface area contributed by atoms with Crippen LogP contribution in [0.15, 0.2) is 77.9 Å². The van der Waals surface area contributed by atoms with Gasteiger partial charge < -0.3 is 0 Å². The van der Waals surface area contributed by atoms with Gasteiger partial charge in [-0.05, 0) is 43.5 Å². The van der Waals surface area contributed by atoms with Gasteiger partial charge in [-0.15, -0.1) is 0 Å². The second-order valence-electron chi connectivity index (χ2n) is 6.36. The number of hydrogen-bond acceptors (Lipinski definition) is 0. The van der Waals surface area contributed by atoms with Crippen molar-refractivity contribution in [1.29, 1.82) is 0 Å². The summed E-state index contributed by atoms with van der Waals surface area (Å²) >= 11 is 0. The summed E-state index contributed by atoms with van der Waals surface area (Å²) < 4.78 is 0. The zero-order valence-corrected chi connectivity index (χ0v) is 15.5. The van der Waals surface area contributed by atoms with E-state index in [2.05, 4.69) is 74.2 Å². The highest BCUT2D eigenvalue weighted by Crippen LogP contribution is 2.16. The van der Waals surface area contributed by atoms with Crippen LogP contribution in [0.25, 0.3) is 6.08 Å². The minimum atomic E-state index is 1.06. The van der Waals surface area contributed by atoms with Gasteiger partial charge in [0.1, 0.15) is 0 Å². The largest absolute Gasteiger partial charge is 0.0654 e. The lowest BCUT2D eigenvalue weighted by Gasteiger charge is -2.04. The SMILES string of the molecule is CCCCCC/C(C)=C(C#Cc1ccccc1)/C=C/c1ccccc1. The lowest BCUT2D eigenvalue weighted by Crippen LogP contribution is -1.86. The van der Waals surface area contributed by atoms with E-state index in [0.717, 1.165) is 17.6 Å². The Morgan fingerprint density at radius 3 is 2.24 bits per heavy atom. The summed E-state index contributed by atoms with van der Waals surface area (Å²) in [5.41, 5.74) is 4.79. The Morgan fingerprint density at radius 1 is 0.880 bits per heavy atom. The molecule has 0 radical (unpaired) electrons. The van der Waals surface area contributed by atoms with Crippen LogP contribution in [0.3, 0.4) is 0 Å². The summed E-state index contributed by atoms with van der Waals surface area (Å²) in [6, 6.07) is 20.6. The second-order valence-corrected chi connectivity index (χ2v) is 6.36. The molecule has 25 heavy (non-hydrogen) atoms. The normalized spacial score (nSPS) is 11.8. The summed E-state index contributed by atoms with van der Waals surface area (Å²) in [7, 11) is 0. The molecular weight excluding hydrogens is 300 g/mol. The molecule has 0 unspecified atom stereocenters. The standard InChI is InChI=1S/C25H28/c1-3-4-5-8-13-22(2)25(20-18-23-14-9-6-10-15-23)21-19-24-16-11-7-12-17-24/h6-7,9-12,14-18,20H,3-5,8,13H2,1-2H3/b20-18+,25-22-. The maximum Gasteiger partial charge on any atom is 0.0249 e. The molecule has 2 aromatic carbocycles. The van der Waals surface area contributed by atoms with E-state index >= 15 is 0 Å². The van der Waals surface area contributed by atoms with Crippen molar-refractivity contribution in [2.45, 2.75) is 46.0 Å². The van der Waals surface area contributed by atoms with Crippen molar-refractivity contribution in [1.82, 2.24) is 0 Å². The first-order valence-corrected chi connectivity index (χ1v) is 9.29. The minimum Gasteiger partial charge on any atom is -0.0654 e. The third kappa shape index (κ3) is 7.27. The molecule has 0 bridgehead atoms. The molecule has 0 heteroatoms. The number of allylic oxidation sites excluding steroid dienone is 3. The molecule has 0 saturated heterocycles. The first-order chi connectivity index (χ1) is 12.3. The Bertz CT molecular complexity index is 737. The van der Waals surface area contributed by atoms with E-state index < -0.39 is 0 Å². The van der Waals surface area contributed by atoms with Gasteiger partial charge >= 0.3 is 0 Å². The highest BCUT2D eigenvalue weighted by atomic mass is 14.0. The summed E-state index contributed by atoms with van der Waals surface area (Å²) in [5.74, 6) is 6.69. The van der Waals surface area contributed by atoms with E-state index in [0.29, 0.717) is 0 Å². The molecule has 0 amide bonds. The van der Waals surface area contributed by atoms with Gasteiger partial charge in [0.25, 0.3) is 0 Å². The van der Waals surface area contributed by atoms with E-state index in [4.69, 9.17) is 0 Å². The van der Waals surface area contributed by atoms with Crippen LogP contribution < -0.4 is 0 Å². The van der Waals surface area contributed by atoms with Crippen molar-refractivity contribution in [2.75, 3.05) is 0 Å². The van der Waals surface area contributed by atoms with E-state index in [9.17, 15) is 0 Å². The van der Waals surface area contributed by atoms with Crippen LogP contribution in [0.5, 0.6) is 0 Å². The average molecular weight is 328 g/mol. The molecule has 0 aromatic heterocycles. The lowest BCUT2D eigenvalue weighted by molar-refractivity contribution is 0.663. The zero-order valence-electron chi connectivity index (χ0n) is 15.5. The predicted octanol–water partition coefficient (Wildman–Crippen LogP) is 7.04. The molecule has 0 aliphatic heterocycles. The molecule has 0 fully saturated rings. The van der Waals surface area contributed by atoms with Crippen LogP contribution in [-0.4, -0.2) is 0 Å². The van der Waals surface area contributed by atoms with Crippen LogP contribution in [-0.2, 0) is 0 Å². The predicted molar refractivity (Wildman–Crippen MR) is 110 cm³/mol. The van der Waals surface area contributed by atoms with Gasteiger partial charge in [-0.3, -0.25) is 0 Å². The second kappa shape index (κ2) is 11.1. The average Bonchev–Trinajstić information content (AvgIpc) is 2.67. The molecule has 0 saturated carbocycles. The fourth-order valence-corrected chi connectivity index (χ4v) is 2.65. The van der Waals surface area contributed by atoms with Crippen LogP contribution >= 0.6 is 0 Å². The highest BCUT2D eigenvalue weighted by Gasteiger charge is 1.98. The third-order valence-corrected chi connectivity index (χ3v) is 4.22. The van der Waals surface area contributed by atoms with E-state index in [-0.39, 0.29) is 0 Å². The van der Waals surface area contributed by atoms with Crippen LogP contribution in [0.2, 0.25) is 0 Å². The van der Waals surface area contributed by atoms with Gasteiger partial charge in [0.15, 0.2) is 0 Å². The van der Waals surface area contributed by atoms with Gasteiger partial charge in [-0.1, -0.05) is 98.2 Å². The summed E-state index contributed by atoms with van der Waals surface area (Å²) in [6.45, 7) is 4.47. The van der Waals surface area contributed by atoms with E-state index in [1.165, 1.54) is 36.8 Å². The van der Waals surface area contributed by atoms with E-state index in [1.54, 1.807) is 0 Å². The van der Waals surface area contributed by atoms with Crippen molar-refractivity contribution in [3.63, 3.8) is 0 Å². The quantitative estimate of drug-likeness (QED) is 0.290. The Morgan fingerprint density at radius 2 is 1.56 bits per heavy atom. The Hall–Kier alpha value is -2.52. The van der Waals surface area contributed by atoms with Crippen LogP contribution in [0.4, 0.5) is 0 Å². The fraction of sp³-hybridized carbons (Fsp3) is 0.280. The summed E-state index contributed by atoms with van der Waals surface area (Å²) in [4.78, 5) is 0. The van der Waals surface area contributed by atoms with Crippen molar-refractivity contribution < 1.29 is 0 Å². The first-order valence-electron chi connectivity index (χ1n) is 9.29. The van der Waals surface area contributed by atoms with Gasteiger partial charge in [0, 0.05) is 11.1 Å². The Balaban J connectivity index is 2.18. The topological polar surface area (TPSA) is 0 Å². The van der Waals surface area contributed by atoms with Crippen LogP contribution in [0.1, 0.15) is 57.1 Å². The molecule has 0 aliphatic rings. The Labute approximate surface area is 153 Å². The lowest BCUT2D eigenvalue weighted by atomic mass is 10.0. The van der Waals surface area contributed by atoms with Crippen molar-refractivity contribution in [3.05, 3.63) is 89.0 Å². The van der Waals surface area contributed by atoms with Gasteiger partial charge in [-0.25, -0.2) is 0 Å². The van der Waals surface area contributed by atoms with Gasteiger partial charge in [0.2, 0.25) is 0 Å². The molecule has 0 atom stereocenters. The molecule has 0 aliphatic carbocycles. The monoisotopic (exact) mass is 328 g/mol. The Kier molecular flexibility index (Phi) is 8.36. The van der Waals surface area contributed by atoms with E-state index in [1.807, 2.05) is 24.3 Å². The summed E-state index contributed by atoms with van der Waals surface area (Å²) in [6.07, 6.45) is 10.6. The first kappa shape index (κ1) is 18.8. The van der Waals surface area contributed by atoms with Gasteiger partial charge in [-0.2, -0.15) is 0 Å². The van der Waals surface area contributed by atoms with Crippen molar-refractivity contribution in [2.24, 2.45) is 0 Å². The molecule has 0 nitrogen and oxygen atoms in total. The third-order valence-electron chi connectivity index (χ3n) is 4.22. The molecule has 0 spiro atoms. The molecule has 0 N–H and O–H groups in total. The number of unbranched alkanes of at least 4 members (excludes halogenated alkanes) is 3. The molecule has 2 rings (SSSR count). The number of benzene rings is 2. The number of rotatable bonds is 7. The summed E-state index contributed by atoms with van der Waals surface area (Å²) in [5, 5.41) is 0. The van der Waals surface area contributed by atoms with Gasteiger partial charge in [0.05, 0.1) is 0 Å². The fourth-order valence-electron chi connectivity index (χ4n) is 2.65. The number of hydrogen-bond donors (Lipinski definition) is 0. The van der Waals surface area contributed by atoms with Crippen molar-refractivity contribution in [3.8, 4) is 11.8 Å². The smallest absolute Gasteiger partial charge is 0.0249 e. The van der Waals surface area contributed by atoms with Crippen molar-refractivity contribution >= 4 is 6.08 Å². The molecule has 2 aromatic rings. The maximum atomic E-state index is 3.39. The zero-order chi connectivity index (χ0) is 17.7. The minimum absolute atomic E-state index is 1.06. The molecule has 128 valence electrons. The molecular formula is C25H28. The molecule has 0 heterocycles.